The Hall–Kier alpha value is -0.530. The first-order chi connectivity index (χ1) is 5.90. The molecule has 0 bridgehead atoms. The van der Waals surface area contributed by atoms with Gasteiger partial charge in [-0.3, -0.25) is 0 Å². The number of halogens is 1. The van der Waals surface area contributed by atoms with E-state index in [2.05, 4.69) is 29.6 Å². The fraction of sp³-hybridized carbons (Fsp3) is 0.400. The summed E-state index contributed by atoms with van der Waals surface area (Å²) in [5, 5.41) is 3.39. The number of fused-ring (bicyclic) bond motifs is 1. The minimum absolute atomic E-state index is 0.460. The zero-order valence-corrected chi connectivity index (χ0v) is 7.64. The average Bonchev–Trinajstić information content (AvgIpc) is 2.17. The van der Waals surface area contributed by atoms with Crippen LogP contribution >= 0.6 is 11.6 Å². The van der Waals surface area contributed by atoms with Crippen molar-refractivity contribution in [2.75, 3.05) is 5.88 Å². The highest BCUT2D eigenvalue weighted by molar-refractivity contribution is 6.18. The van der Waals surface area contributed by atoms with Crippen LogP contribution in [0, 0.1) is 0 Å². The van der Waals surface area contributed by atoms with Crippen LogP contribution < -0.4 is 5.32 Å². The summed E-state index contributed by atoms with van der Waals surface area (Å²) in [7, 11) is 0. The van der Waals surface area contributed by atoms with Gasteiger partial charge in [0.25, 0.3) is 0 Å². The maximum atomic E-state index is 5.78. The van der Waals surface area contributed by atoms with Gasteiger partial charge in [-0.15, -0.1) is 11.6 Å². The first kappa shape index (κ1) is 8.09. The number of hydrogen-bond acceptors (Lipinski definition) is 1. The van der Waals surface area contributed by atoms with Gasteiger partial charge < -0.3 is 5.32 Å². The zero-order chi connectivity index (χ0) is 8.39. The highest BCUT2D eigenvalue weighted by Gasteiger charge is 2.15. The van der Waals surface area contributed by atoms with Crippen molar-refractivity contribution in [1.29, 1.82) is 0 Å². The summed E-state index contributed by atoms with van der Waals surface area (Å²) in [5.74, 6) is 0.703. The van der Waals surface area contributed by atoms with E-state index in [4.69, 9.17) is 11.6 Å². The summed E-state index contributed by atoms with van der Waals surface area (Å²) in [4.78, 5) is 0. The second-order valence-corrected chi connectivity index (χ2v) is 3.51. The molecule has 0 spiro atoms. The molecule has 0 aliphatic carbocycles. The molecule has 0 fully saturated rings. The molecule has 12 heavy (non-hydrogen) atoms. The lowest BCUT2D eigenvalue weighted by molar-refractivity contribution is 0.518. The van der Waals surface area contributed by atoms with Crippen LogP contribution in [0.3, 0.4) is 0 Å². The number of rotatable bonds is 1. The van der Waals surface area contributed by atoms with Crippen LogP contribution in [-0.2, 0) is 13.0 Å². The second-order valence-electron chi connectivity index (χ2n) is 3.20. The molecule has 1 heterocycles. The van der Waals surface area contributed by atoms with E-state index in [1.54, 1.807) is 0 Å². The second kappa shape index (κ2) is 3.46. The molecule has 2 rings (SSSR count). The Morgan fingerprint density at radius 3 is 2.83 bits per heavy atom. The molecule has 0 saturated carbocycles. The monoisotopic (exact) mass is 181 g/mol. The minimum atomic E-state index is 0.460. The summed E-state index contributed by atoms with van der Waals surface area (Å²) >= 11 is 5.78. The van der Waals surface area contributed by atoms with Crippen molar-refractivity contribution in [3.8, 4) is 0 Å². The summed E-state index contributed by atoms with van der Waals surface area (Å²) in [5.41, 5.74) is 2.86. The molecule has 0 saturated heterocycles. The Morgan fingerprint density at radius 2 is 2.08 bits per heavy atom. The molecule has 1 aromatic carbocycles. The molecule has 0 amide bonds. The third-order valence-electron chi connectivity index (χ3n) is 2.35. The smallest absolute Gasteiger partial charge is 0.0380 e. The van der Waals surface area contributed by atoms with Gasteiger partial charge in [0, 0.05) is 18.5 Å². The lowest BCUT2D eigenvalue weighted by Gasteiger charge is -2.24. The van der Waals surface area contributed by atoms with Crippen LogP contribution in [-0.4, -0.2) is 11.9 Å². The van der Waals surface area contributed by atoms with Crippen molar-refractivity contribution >= 4 is 11.6 Å². The zero-order valence-electron chi connectivity index (χ0n) is 6.89. The maximum absolute atomic E-state index is 5.78. The normalized spacial score (nSPS) is 21.9. The van der Waals surface area contributed by atoms with Gasteiger partial charge in [-0.05, 0) is 17.5 Å². The standard InChI is InChI=1S/C10H12ClN/c11-6-10-5-8-3-1-2-4-9(8)7-12-10/h1-4,10,12H,5-7H2/t10-/m1/s1. The number of nitrogens with one attached hydrogen (secondary N) is 1. The van der Waals surface area contributed by atoms with E-state index in [0.717, 1.165) is 13.0 Å². The lowest BCUT2D eigenvalue weighted by atomic mass is 9.97. The molecule has 1 atom stereocenters. The molecule has 1 aliphatic heterocycles. The van der Waals surface area contributed by atoms with Crippen LogP contribution in [0.4, 0.5) is 0 Å². The predicted octanol–water partition coefficient (Wildman–Crippen LogP) is 1.94. The quantitative estimate of drug-likeness (QED) is 0.653. The molecule has 1 aromatic rings. The van der Waals surface area contributed by atoms with E-state index in [9.17, 15) is 0 Å². The van der Waals surface area contributed by atoms with Crippen molar-refractivity contribution in [1.82, 2.24) is 5.32 Å². The van der Waals surface area contributed by atoms with Gasteiger partial charge in [-0.25, -0.2) is 0 Å². The van der Waals surface area contributed by atoms with Gasteiger partial charge in [0.05, 0.1) is 0 Å². The molecule has 0 aromatic heterocycles. The lowest BCUT2D eigenvalue weighted by Crippen LogP contribution is -2.36. The molecule has 1 N–H and O–H groups in total. The third kappa shape index (κ3) is 1.47. The first-order valence-corrected chi connectivity index (χ1v) is 4.79. The Morgan fingerprint density at radius 1 is 1.33 bits per heavy atom. The Bertz CT molecular complexity index is 272. The summed E-state index contributed by atoms with van der Waals surface area (Å²) in [6.07, 6.45) is 1.07. The van der Waals surface area contributed by atoms with Crippen LogP contribution in [0.1, 0.15) is 11.1 Å². The molecule has 1 aliphatic rings. The van der Waals surface area contributed by atoms with E-state index in [1.165, 1.54) is 11.1 Å². The summed E-state index contributed by atoms with van der Waals surface area (Å²) in [6.45, 7) is 0.966. The van der Waals surface area contributed by atoms with E-state index in [1.807, 2.05) is 0 Å². The van der Waals surface area contributed by atoms with E-state index < -0.39 is 0 Å². The highest BCUT2D eigenvalue weighted by Crippen LogP contribution is 2.16. The molecular formula is C10H12ClN. The number of alkyl halides is 1. The van der Waals surface area contributed by atoms with Crippen LogP contribution in [0.5, 0.6) is 0 Å². The van der Waals surface area contributed by atoms with Crippen molar-refractivity contribution in [2.45, 2.75) is 19.0 Å². The van der Waals surface area contributed by atoms with Crippen molar-refractivity contribution < 1.29 is 0 Å². The molecule has 2 heteroatoms. The van der Waals surface area contributed by atoms with Crippen LogP contribution in [0.25, 0.3) is 0 Å². The van der Waals surface area contributed by atoms with Gasteiger partial charge in [-0.1, -0.05) is 24.3 Å². The van der Waals surface area contributed by atoms with E-state index >= 15 is 0 Å². The molecule has 0 radical (unpaired) electrons. The van der Waals surface area contributed by atoms with Crippen LogP contribution in [0.2, 0.25) is 0 Å². The van der Waals surface area contributed by atoms with Gasteiger partial charge in [0.1, 0.15) is 0 Å². The maximum Gasteiger partial charge on any atom is 0.0380 e. The topological polar surface area (TPSA) is 12.0 Å². The van der Waals surface area contributed by atoms with Crippen molar-refractivity contribution in [3.05, 3.63) is 35.4 Å². The Balaban J connectivity index is 2.23. The Labute approximate surface area is 77.7 Å². The van der Waals surface area contributed by atoms with Gasteiger partial charge in [0.2, 0.25) is 0 Å². The molecule has 0 unspecified atom stereocenters. The molecule has 1 nitrogen and oxygen atoms in total. The summed E-state index contributed by atoms with van der Waals surface area (Å²) < 4.78 is 0. The minimum Gasteiger partial charge on any atom is -0.308 e. The SMILES string of the molecule is ClC[C@H]1Cc2ccccc2CN1. The molecule has 64 valence electrons. The highest BCUT2D eigenvalue weighted by atomic mass is 35.5. The predicted molar refractivity (Wildman–Crippen MR) is 51.5 cm³/mol. The third-order valence-corrected chi connectivity index (χ3v) is 2.72. The van der Waals surface area contributed by atoms with Crippen molar-refractivity contribution in [3.63, 3.8) is 0 Å². The fourth-order valence-electron chi connectivity index (χ4n) is 1.63. The van der Waals surface area contributed by atoms with Gasteiger partial charge in [0.15, 0.2) is 0 Å². The van der Waals surface area contributed by atoms with Crippen molar-refractivity contribution in [2.24, 2.45) is 0 Å². The van der Waals surface area contributed by atoms with Crippen LogP contribution in [0.15, 0.2) is 24.3 Å². The van der Waals surface area contributed by atoms with Gasteiger partial charge in [-0.2, -0.15) is 0 Å². The molecular weight excluding hydrogens is 170 g/mol. The first-order valence-electron chi connectivity index (χ1n) is 4.26. The Kier molecular flexibility index (Phi) is 2.33. The van der Waals surface area contributed by atoms with E-state index in [-0.39, 0.29) is 0 Å². The number of benzene rings is 1. The largest absolute Gasteiger partial charge is 0.308 e. The summed E-state index contributed by atoms with van der Waals surface area (Å²) in [6, 6.07) is 9.00. The number of hydrogen-bond donors (Lipinski definition) is 1. The average molecular weight is 182 g/mol. The fourth-order valence-corrected chi connectivity index (χ4v) is 1.85. The van der Waals surface area contributed by atoms with Gasteiger partial charge >= 0.3 is 0 Å². The van der Waals surface area contributed by atoms with E-state index in [0.29, 0.717) is 11.9 Å².